The van der Waals surface area contributed by atoms with Crippen LogP contribution < -0.4 is 5.32 Å². The standard InChI is InChI=1S/C20H18N4O2S/c1-12-6-13(2)19-16(24-26-17(19)7-12)8-18(25)22-10-15-11-27-20(23-15)14-4-3-5-21-9-14/h3-7,9,11H,8,10H2,1-2H3,(H,22,25). The van der Waals surface area contributed by atoms with Gasteiger partial charge in [0.05, 0.1) is 18.7 Å². The minimum atomic E-state index is -0.110. The summed E-state index contributed by atoms with van der Waals surface area (Å²) in [5, 5.41) is 10.7. The van der Waals surface area contributed by atoms with Crippen LogP contribution >= 0.6 is 11.3 Å². The number of rotatable bonds is 5. The van der Waals surface area contributed by atoms with Crippen LogP contribution in [0.25, 0.3) is 21.5 Å². The molecule has 1 aromatic carbocycles. The molecule has 27 heavy (non-hydrogen) atoms. The molecule has 0 fully saturated rings. The molecular weight excluding hydrogens is 360 g/mol. The zero-order valence-corrected chi connectivity index (χ0v) is 15.8. The summed E-state index contributed by atoms with van der Waals surface area (Å²) in [4.78, 5) is 21.0. The van der Waals surface area contributed by atoms with Crippen LogP contribution in [0.2, 0.25) is 0 Å². The Hall–Kier alpha value is -3.06. The van der Waals surface area contributed by atoms with E-state index in [0.717, 1.165) is 38.4 Å². The van der Waals surface area contributed by atoms with Crippen molar-refractivity contribution in [2.24, 2.45) is 0 Å². The lowest BCUT2D eigenvalue weighted by molar-refractivity contribution is -0.120. The number of hydrogen-bond acceptors (Lipinski definition) is 6. The Labute approximate surface area is 160 Å². The highest BCUT2D eigenvalue weighted by molar-refractivity contribution is 7.13. The number of thiazole rings is 1. The largest absolute Gasteiger partial charge is 0.356 e. The lowest BCUT2D eigenvalue weighted by Crippen LogP contribution is -2.24. The van der Waals surface area contributed by atoms with Crippen molar-refractivity contribution < 1.29 is 9.32 Å². The minimum absolute atomic E-state index is 0.110. The molecule has 136 valence electrons. The fourth-order valence-electron chi connectivity index (χ4n) is 3.05. The number of fused-ring (bicyclic) bond motifs is 1. The van der Waals surface area contributed by atoms with E-state index in [2.05, 4.69) is 26.5 Å². The maximum atomic E-state index is 12.4. The molecule has 0 atom stereocenters. The molecule has 6 nitrogen and oxygen atoms in total. The molecule has 0 spiro atoms. The van der Waals surface area contributed by atoms with Crippen molar-refractivity contribution >= 4 is 28.2 Å². The van der Waals surface area contributed by atoms with Gasteiger partial charge in [0.2, 0.25) is 5.91 Å². The summed E-state index contributed by atoms with van der Waals surface area (Å²) in [6.07, 6.45) is 3.69. The second kappa shape index (κ2) is 7.28. The number of amides is 1. The number of hydrogen-bond donors (Lipinski definition) is 1. The summed E-state index contributed by atoms with van der Waals surface area (Å²) in [5.41, 5.74) is 5.35. The van der Waals surface area contributed by atoms with Crippen molar-refractivity contribution in [3.63, 3.8) is 0 Å². The first-order valence-electron chi connectivity index (χ1n) is 8.57. The number of aromatic nitrogens is 3. The second-order valence-corrected chi connectivity index (χ2v) is 7.28. The molecule has 0 unspecified atom stereocenters. The summed E-state index contributed by atoms with van der Waals surface area (Å²) >= 11 is 1.54. The van der Waals surface area contributed by atoms with Crippen LogP contribution in [0.1, 0.15) is 22.5 Å². The average Bonchev–Trinajstić information content (AvgIpc) is 3.28. The van der Waals surface area contributed by atoms with E-state index < -0.39 is 0 Å². The highest BCUT2D eigenvalue weighted by Crippen LogP contribution is 2.25. The van der Waals surface area contributed by atoms with E-state index in [1.54, 1.807) is 12.4 Å². The number of aryl methyl sites for hydroxylation is 2. The number of benzene rings is 1. The molecule has 3 heterocycles. The lowest BCUT2D eigenvalue weighted by atomic mass is 10.0. The summed E-state index contributed by atoms with van der Waals surface area (Å²) in [5.74, 6) is -0.110. The van der Waals surface area contributed by atoms with Gasteiger partial charge in [0, 0.05) is 28.7 Å². The van der Waals surface area contributed by atoms with Gasteiger partial charge in [0.15, 0.2) is 5.58 Å². The summed E-state index contributed by atoms with van der Waals surface area (Å²) < 4.78 is 5.38. The minimum Gasteiger partial charge on any atom is -0.356 e. The SMILES string of the molecule is Cc1cc(C)c2c(CC(=O)NCc3csc(-c4cccnc4)n3)noc2c1. The van der Waals surface area contributed by atoms with Crippen molar-refractivity contribution in [1.29, 1.82) is 0 Å². The average molecular weight is 378 g/mol. The fraction of sp³-hybridized carbons (Fsp3) is 0.200. The molecule has 0 saturated carbocycles. The molecule has 4 aromatic rings. The van der Waals surface area contributed by atoms with Crippen LogP contribution in [0.3, 0.4) is 0 Å². The topological polar surface area (TPSA) is 80.9 Å². The van der Waals surface area contributed by atoms with Gasteiger partial charge < -0.3 is 9.84 Å². The van der Waals surface area contributed by atoms with Crippen molar-refractivity contribution in [1.82, 2.24) is 20.4 Å². The first-order valence-corrected chi connectivity index (χ1v) is 9.45. The molecular formula is C20H18N4O2S. The highest BCUT2D eigenvalue weighted by Gasteiger charge is 2.15. The van der Waals surface area contributed by atoms with Crippen LogP contribution in [-0.4, -0.2) is 21.0 Å². The Morgan fingerprint density at radius 3 is 3.00 bits per heavy atom. The number of carbonyl (C=O) groups excluding carboxylic acids is 1. The van der Waals surface area contributed by atoms with Gasteiger partial charge in [-0.15, -0.1) is 11.3 Å². The first-order chi connectivity index (χ1) is 13.1. The maximum Gasteiger partial charge on any atom is 0.226 e. The van der Waals surface area contributed by atoms with Crippen molar-refractivity contribution in [3.8, 4) is 10.6 Å². The van der Waals surface area contributed by atoms with E-state index in [-0.39, 0.29) is 12.3 Å². The third-order valence-corrected chi connectivity index (χ3v) is 5.18. The molecule has 3 aromatic heterocycles. The van der Waals surface area contributed by atoms with Crippen LogP contribution in [0, 0.1) is 13.8 Å². The smallest absolute Gasteiger partial charge is 0.226 e. The third-order valence-electron chi connectivity index (χ3n) is 4.24. The molecule has 0 saturated heterocycles. The number of nitrogens with one attached hydrogen (secondary N) is 1. The summed E-state index contributed by atoms with van der Waals surface area (Å²) in [7, 11) is 0. The van der Waals surface area contributed by atoms with Crippen molar-refractivity contribution in [2.75, 3.05) is 0 Å². The van der Waals surface area contributed by atoms with E-state index >= 15 is 0 Å². The molecule has 7 heteroatoms. The predicted molar refractivity (Wildman–Crippen MR) is 104 cm³/mol. The van der Waals surface area contributed by atoms with Crippen LogP contribution in [0.4, 0.5) is 0 Å². The molecule has 4 rings (SSSR count). The summed E-state index contributed by atoms with van der Waals surface area (Å²) in [6, 6.07) is 7.85. The molecule has 0 aliphatic rings. The molecule has 0 bridgehead atoms. The van der Waals surface area contributed by atoms with Crippen LogP contribution in [0.15, 0.2) is 46.6 Å². The van der Waals surface area contributed by atoms with E-state index in [9.17, 15) is 4.79 Å². The van der Waals surface area contributed by atoms with Crippen LogP contribution in [-0.2, 0) is 17.8 Å². The number of pyridine rings is 1. The molecule has 1 amide bonds. The maximum absolute atomic E-state index is 12.4. The van der Waals surface area contributed by atoms with Crippen molar-refractivity contribution in [3.05, 3.63) is 64.6 Å². The van der Waals surface area contributed by atoms with Gasteiger partial charge in [-0.3, -0.25) is 9.78 Å². The Bertz CT molecular complexity index is 1100. The normalized spacial score (nSPS) is 11.0. The molecule has 1 N–H and O–H groups in total. The monoisotopic (exact) mass is 378 g/mol. The van der Waals surface area contributed by atoms with Gasteiger partial charge in [0.25, 0.3) is 0 Å². The first kappa shape index (κ1) is 17.4. The number of carbonyl (C=O) groups is 1. The van der Waals surface area contributed by atoms with E-state index in [1.807, 2.05) is 37.4 Å². The quantitative estimate of drug-likeness (QED) is 0.571. The van der Waals surface area contributed by atoms with E-state index in [4.69, 9.17) is 4.52 Å². The van der Waals surface area contributed by atoms with E-state index in [0.29, 0.717) is 12.2 Å². The van der Waals surface area contributed by atoms with Crippen LogP contribution in [0.5, 0.6) is 0 Å². The Balaban J connectivity index is 1.42. The second-order valence-electron chi connectivity index (χ2n) is 6.42. The summed E-state index contributed by atoms with van der Waals surface area (Å²) in [6.45, 7) is 4.39. The lowest BCUT2D eigenvalue weighted by Gasteiger charge is -2.03. The van der Waals surface area contributed by atoms with Gasteiger partial charge in [-0.25, -0.2) is 4.98 Å². The van der Waals surface area contributed by atoms with E-state index in [1.165, 1.54) is 11.3 Å². The van der Waals surface area contributed by atoms with Gasteiger partial charge in [-0.2, -0.15) is 0 Å². The van der Waals surface area contributed by atoms with Gasteiger partial charge >= 0.3 is 0 Å². The molecule has 0 aliphatic heterocycles. The molecule has 0 aliphatic carbocycles. The fourth-order valence-corrected chi connectivity index (χ4v) is 3.87. The highest BCUT2D eigenvalue weighted by atomic mass is 32.1. The number of nitrogens with zero attached hydrogens (tertiary/aromatic N) is 3. The zero-order valence-electron chi connectivity index (χ0n) is 15.0. The van der Waals surface area contributed by atoms with Crippen molar-refractivity contribution in [2.45, 2.75) is 26.8 Å². The zero-order chi connectivity index (χ0) is 18.8. The van der Waals surface area contributed by atoms with Gasteiger partial charge in [0.1, 0.15) is 10.7 Å². The van der Waals surface area contributed by atoms with Gasteiger partial charge in [-0.05, 0) is 43.2 Å². The predicted octanol–water partition coefficient (Wildman–Crippen LogP) is 3.82. The Morgan fingerprint density at radius 1 is 1.30 bits per heavy atom. The Morgan fingerprint density at radius 2 is 2.19 bits per heavy atom. The molecule has 0 radical (unpaired) electrons. The third kappa shape index (κ3) is 3.73. The van der Waals surface area contributed by atoms with Gasteiger partial charge in [-0.1, -0.05) is 11.2 Å². The Kier molecular flexibility index (Phi) is 4.68.